The Morgan fingerprint density at radius 1 is 1.03 bits per heavy atom. The molecule has 0 unspecified atom stereocenters. The minimum absolute atomic E-state index is 0.0151. The molecule has 0 atom stereocenters. The van der Waals surface area contributed by atoms with Crippen LogP contribution in [0.5, 0.6) is 0 Å². The number of benzene rings is 2. The van der Waals surface area contributed by atoms with Gasteiger partial charge in [-0.3, -0.25) is 9.69 Å². The first-order valence-corrected chi connectivity index (χ1v) is 12.2. The van der Waals surface area contributed by atoms with Crippen LogP contribution in [-0.4, -0.2) is 54.0 Å². The third-order valence-electron chi connectivity index (χ3n) is 5.71. The molecule has 0 bridgehead atoms. The van der Waals surface area contributed by atoms with E-state index in [1.54, 1.807) is 4.90 Å². The number of rotatable bonds is 9. The van der Waals surface area contributed by atoms with Crippen LogP contribution in [0.3, 0.4) is 0 Å². The molecule has 1 saturated heterocycles. The van der Waals surface area contributed by atoms with Crippen molar-refractivity contribution in [2.45, 2.75) is 45.2 Å². The number of carbonyl (C=O) groups is 2. The van der Waals surface area contributed by atoms with E-state index < -0.39 is 0 Å². The number of nitrogens with zero attached hydrogens (tertiary/aromatic N) is 2. The van der Waals surface area contributed by atoms with Gasteiger partial charge in [0, 0.05) is 49.7 Å². The Kier molecular flexibility index (Phi) is 9.56. The van der Waals surface area contributed by atoms with Crippen LogP contribution < -0.4 is 10.6 Å². The van der Waals surface area contributed by atoms with Crippen LogP contribution in [0.15, 0.2) is 59.1 Å². The highest BCUT2D eigenvalue weighted by Gasteiger charge is 2.21. The van der Waals surface area contributed by atoms with Crippen molar-refractivity contribution in [2.75, 3.05) is 31.5 Å². The minimum Gasteiger partial charge on any atom is -0.353 e. The maximum Gasteiger partial charge on any atom is 0.321 e. The SMILES string of the molecule is CCCN(CCC(=O)NC1CCN(Cc2ccccc2)CC1)C(=O)Nc1ccccc1Br. The minimum atomic E-state index is -0.180. The number of amides is 3. The smallest absolute Gasteiger partial charge is 0.321 e. The molecule has 1 fully saturated rings. The van der Waals surface area contributed by atoms with Gasteiger partial charge in [-0.2, -0.15) is 0 Å². The van der Waals surface area contributed by atoms with Crippen molar-refractivity contribution in [2.24, 2.45) is 0 Å². The van der Waals surface area contributed by atoms with Crippen LogP contribution in [0.25, 0.3) is 0 Å². The predicted molar refractivity (Wildman–Crippen MR) is 133 cm³/mol. The van der Waals surface area contributed by atoms with Gasteiger partial charge in [0.2, 0.25) is 5.91 Å². The summed E-state index contributed by atoms with van der Waals surface area (Å²) in [6, 6.07) is 18.0. The van der Waals surface area contributed by atoms with Crippen LogP contribution in [0, 0.1) is 0 Å². The van der Waals surface area contributed by atoms with E-state index >= 15 is 0 Å². The molecule has 7 heteroatoms. The van der Waals surface area contributed by atoms with E-state index in [0.717, 1.165) is 49.1 Å². The van der Waals surface area contributed by atoms with E-state index in [1.807, 2.05) is 37.3 Å². The Morgan fingerprint density at radius 2 is 1.72 bits per heavy atom. The van der Waals surface area contributed by atoms with Crippen molar-refractivity contribution in [3.8, 4) is 0 Å². The lowest BCUT2D eigenvalue weighted by atomic mass is 10.0. The normalized spacial score (nSPS) is 14.7. The second-order valence-corrected chi connectivity index (χ2v) is 9.10. The number of para-hydroxylation sites is 1. The number of urea groups is 1. The van der Waals surface area contributed by atoms with Gasteiger partial charge < -0.3 is 15.5 Å². The lowest BCUT2D eigenvalue weighted by Gasteiger charge is -2.32. The molecular formula is C25H33BrN4O2. The fourth-order valence-electron chi connectivity index (χ4n) is 3.96. The molecule has 2 aromatic rings. The summed E-state index contributed by atoms with van der Waals surface area (Å²) in [5.74, 6) is 0.0151. The standard InChI is InChI=1S/C25H33BrN4O2/c1-2-15-30(25(32)28-23-11-7-6-10-22(23)26)18-14-24(31)27-21-12-16-29(17-13-21)19-20-8-4-3-5-9-20/h3-11,21H,2,12-19H2,1H3,(H,27,31)(H,28,32). The molecule has 172 valence electrons. The van der Waals surface area contributed by atoms with Crippen molar-refractivity contribution in [1.82, 2.24) is 15.1 Å². The molecule has 1 aliphatic heterocycles. The summed E-state index contributed by atoms with van der Waals surface area (Å²) in [5.41, 5.74) is 2.05. The number of halogens is 1. The molecule has 32 heavy (non-hydrogen) atoms. The topological polar surface area (TPSA) is 64.7 Å². The molecule has 6 nitrogen and oxygen atoms in total. The molecule has 0 saturated carbocycles. The van der Waals surface area contributed by atoms with Crippen LogP contribution in [0.2, 0.25) is 0 Å². The van der Waals surface area contributed by atoms with E-state index in [0.29, 0.717) is 19.5 Å². The predicted octanol–water partition coefficient (Wildman–Crippen LogP) is 4.86. The lowest BCUT2D eigenvalue weighted by molar-refractivity contribution is -0.122. The van der Waals surface area contributed by atoms with Gasteiger partial charge >= 0.3 is 6.03 Å². The van der Waals surface area contributed by atoms with E-state index in [9.17, 15) is 9.59 Å². The van der Waals surface area contributed by atoms with Crippen molar-refractivity contribution in [3.05, 3.63) is 64.6 Å². The summed E-state index contributed by atoms with van der Waals surface area (Å²) >= 11 is 3.45. The highest BCUT2D eigenvalue weighted by Crippen LogP contribution is 2.21. The molecular weight excluding hydrogens is 468 g/mol. The number of hydrogen-bond acceptors (Lipinski definition) is 3. The molecule has 2 aromatic carbocycles. The third kappa shape index (κ3) is 7.64. The Balaban J connectivity index is 1.40. The zero-order chi connectivity index (χ0) is 22.8. The van der Waals surface area contributed by atoms with Crippen molar-refractivity contribution in [1.29, 1.82) is 0 Å². The fraction of sp³-hybridized carbons (Fsp3) is 0.440. The zero-order valence-electron chi connectivity index (χ0n) is 18.7. The fourth-order valence-corrected chi connectivity index (χ4v) is 4.34. The Morgan fingerprint density at radius 3 is 2.41 bits per heavy atom. The van der Waals surface area contributed by atoms with Gasteiger partial charge in [0.25, 0.3) is 0 Å². The summed E-state index contributed by atoms with van der Waals surface area (Å²) in [5, 5.41) is 6.09. The Labute approximate surface area is 199 Å². The number of nitrogens with one attached hydrogen (secondary N) is 2. The molecule has 3 amide bonds. The van der Waals surface area contributed by atoms with Crippen molar-refractivity contribution >= 4 is 33.6 Å². The summed E-state index contributed by atoms with van der Waals surface area (Å²) in [4.78, 5) is 29.4. The number of likely N-dealkylation sites (tertiary alicyclic amines) is 1. The van der Waals surface area contributed by atoms with E-state index in [2.05, 4.69) is 55.7 Å². The number of carbonyl (C=O) groups excluding carboxylic acids is 2. The van der Waals surface area contributed by atoms with Crippen molar-refractivity contribution < 1.29 is 9.59 Å². The number of hydrogen-bond donors (Lipinski definition) is 2. The van der Waals surface area contributed by atoms with Gasteiger partial charge in [-0.15, -0.1) is 0 Å². The molecule has 0 aromatic heterocycles. The second-order valence-electron chi connectivity index (χ2n) is 8.25. The number of anilines is 1. The quantitative estimate of drug-likeness (QED) is 0.516. The van der Waals surface area contributed by atoms with Gasteiger partial charge in [0.15, 0.2) is 0 Å². The second kappa shape index (κ2) is 12.6. The molecule has 1 aliphatic rings. The summed E-state index contributed by atoms with van der Waals surface area (Å²) in [6.07, 6.45) is 3.07. The maximum absolute atomic E-state index is 12.7. The van der Waals surface area contributed by atoms with Gasteiger partial charge in [0.1, 0.15) is 0 Å². The van der Waals surface area contributed by atoms with E-state index in [1.165, 1.54) is 5.56 Å². The number of piperidine rings is 1. The maximum atomic E-state index is 12.7. The molecule has 1 heterocycles. The van der Waals surface area contributed by atoms with Crippen LogP contribution in [-0.2, 0) is 11.3 Å². The summed E-state index contributed by atoms with van der Waals surface area (Å²) < 4.78 is 0.834. The zero-order valence-corrected chi connectivity index (χ0v) is 20.3. The van der Waals surface area contributed by atoms with Gasteiger partial charge in [0.05, 0.1) is 5.69 Å². The van der Waals surface area contributed by atoms with Crippen molar-refractivity contribution in [3.63, 3.8) is 0 Å². The first-order valence-electron chi connectivity index (χ1n) is 11.4. The van der Waals surface area contributed by atoms with Crippen LogP contribution >= 0.6 is 15.9 Å². The monoisotopic (exact) mass is 500 g/mol. The third-order valence-corrected chi connectivity index (χ3v) is 6.40. The Bertz CT molecular complexity index is 869. The first kappa shape index (κ1) is 24.3. The van der Waals surface area contributed by atoms with Gasteiger partial charge in [-0.05, 0) is 52.9 Å². The summed E-state index contributed by atoms with van der Waals surface area (Å²) in [7, 11) is 0. The molecule has 3 rings (SSSR count). The highest BCUT2D eigenvalue weighted by atomic mass is 79.9. The van der Waals surface area contributed by atoms with Crippen LogP contribution in [0.4, 0.5) is 10.5 Å². The largest absolute Gasteiger partial charge is 0.353 e. The Hall–Kier alpha value is -2.38. The average Bonchev–Trinajstić information content (AvgIpc) is 2.80. The lowest BCUT2D eigenvalue weighted by Crippen LogP contribution is -2.45. The summed E-state index contributed by atoms with van der Waals surface area (Å²) in [6.45, 7) is 5.97. The molecule has 2 N–H and O–H groups in total. The molecule has 0 spiro atoms. The first-order chi connectivity index (χ1) is 15.5. The van der Waals surface area contributed by atoms with Gasteiger partial charge in [-0.25, -0.2) is 4.79 Å². The molecule has 0 radical (unpaired) electrons. The van der Waals surface area contributed by atoms with E-state index in [-0.39, 0.29) is 18.0 Å². The van der Waals surface area contributed by atoms with E-state index in [4.69, 9.17) is 0 Å². The van der Waals surface area contributed by atoms with Gasteiger partial charge in [-0.1, -0.05) is 49.4 Å². The average molecular weight is 501 g/mol. The highest BCUT2D eigenvalue weighted by molar-refractivity contribution is 9.10. The molecule has 0 aliphatic carbocycles. The van der Waals surface area contributed by atoms with Crippen LogP contribution in [0.1, 0.15) is 38.2 Å².